The van der Waals surface area contributed by atoms with Crippen molar-refractivity contribution >= 4 is 35.4 Å². The number of likely N-dealkylation sites (tertiary alicyclic amines) is 2. The summed E-state index contributed by atoms with van der Waals surface area (Å²) in [6.45, 7) is 11.4. The van der Waals surface area contributed by atoms with Gasteiger partial charge in [0.2, 0.25) is 23.6 Å². The van der Waals surface area contributed by atoms with E-state index in [9.17, 15) is 28.8 Å². The Morgan fingerprint density at radius 3 is 1.79 bits per heavy atom. The summed E-state index contributed by atoms with van der Waals surface area (Å²) < 4.78 is 0. The van der Waals surface area contributed by atoms with Gasteiger partial charge >= 0.3 is 0 Å². The summed E-state index contributed by atoms with van der Waals surface area (Å²) in [7, 11) is 3.50. The summed E-state index contributed by atoms with van der Waals surface area (Å²) in [4.78, 5) is 84.4. The van der Waals surface area contributed by atoms with E-state index < -0.39 is 24.2 Å². The van der Waals surface area contributed by atoms with Crippen molar-refractivity contribution in [2.24, 2.45) is 0 Å². The number of hydrogen-bond acceptors (Lipinski definition) is 9. The van der Waals surface area contributed by atoms with Crippen LogP contribution in [0.5, 0.6) is 0 Å². The first kappa shape index (κ1) is 49.4. The maximum absolute atomic E-state index is 14.1. The van der Waals surface area contributed by atoms with Gasteiger partial charge in [-0.25, -0.2) is 0 Å². The monoisotopic (exact) mass is 904 g/mol. The highest BCUT2D eigenvalue weighted by molar-refractivity contribution is 5.96. The fourth-order valence-corrected chi connectivity index (χ4v) is 9.09. The molecule has 6 amide bonds. The van der Waals surface area contributed by atoms with Gasteiger partial charge in [-0.15, -0.1) is 0 Å². The van der Waals surface area contributed by atoms with Crippen LogP contribution in [-0.4, -0.2) is 122 Å². The molecule has 0 radical (unpaired) electrons. The van der Waals surface area contributed by atoms with Gasteiger partial charge in [0.15, 0.2) is 0 Å². The number of aryl methyl sites for hydroxylation is 1. The van der Waals surface area contributed by atoms with Crippen LogP contribution in [0, 0.1) is 0 Å². The van der Waals surface area contributed by atoms with Crippen molar-refractivity contribution in [2.45, 2.75) is 121 Å². The zero-order valence-electron chi connectivity index (χ0n) is 39.2. The smallest absolute Gasteiger partial charge is 0.251 e. The number of nitrogens with zero attached hydrogens (tertiary/aromatic N) is 2. The van der Waals surface area contributed by atoms with Crippen LogP contribution in [0.4, 0.5) is 0 Å². The lowest BCUT2D eigenvalue weighted by atomic mass is 9.87. The van der Waals surface area contributed by atoms with Crippen LogP contribution in [0.1, 0.15) is 110 Å². The third-order valence-corrected chi connectivity index (χ3v) is 13.5. The molecule has 15 heteroatoms. The van der Waals surface area contributed by atoms with Crippen molar-refractivity contribution in [1.82, 2.24) is 47.0 Å². The molecule has 2 saturated heterocycles. The largest absolute Gasteiger partial charge is 0.376 e. The van der Waals surface area contributed by atoms with E-state index in [1.165, 1.54) is 5.56 Å². The summed E-state index contributed by atoms with van der Waals surface area (Å²) in [5, 5.41) is 21.3. The standard InChI is InChI=1S/C51H69N9O6/c1-32-12-10-30-59(32)50(65)43(56-34(3)33(2)52-5)26-28-54-47(62)39-22-18-36(19-23-39)37-20-24-40(25-21-37)48(63)55-29-27-44(58-46(61)35(4)53-6)51(66)60-31-11-17-45(60)49(64)57-42-16-9-14-38-13-7-8-15-41(38)42/h7-8,13,15,18-25,32-33,35,42-45,52-53,56H,3,9-12,14,16-17,26-31H2,1-2,4-6H3,(H,54,62)(H,55,63)(H,57,64)(H,58,61)/t32-,33+,35?,42-,43?,44+,45+/m1/s1. The number of amides is 6. The Morgan fingerprint density at radius 1 is 0.667 bits per heavy atom. The second-order valence-electron chi connectivity index (χ2n) is 17.9. The topological polar surface area (TPSA) is 193 Å². The van der Waals surface area contributed by atoms with Gasteiger partial charge in [0.25, 0.3) is 11.8 Å². The lowest BCUT2D eigenvalue weighted by molar-refractivity contribution is -0.142. The van der Waals surface area contributed by atoms with Gasteiger partial charge in [0.05, 0.1) is 12.1 Å². The maximum atomic E-state index is 14.1. The van der Waals surface area contributed by atoms with E-state index in [0.717, 1.165) is 55.3 Å². The Kier molecular flexibility index (Phi) is 17.5. The first-order chi connectivity index (χ1) is 31.8. The molecule has 0 spiro atoms. The molecule has 0 bridgehead atoms. The van der Waals surface area contributed by atoms with E-state index in [1.807, 2.05) is 55.3 Å². The second-order valence-corrected chi connectivity index (χ2v) is 17.9. The molecule has 15 nitrogen and oxygen atoms in total. The zero-order valence-corrected chi connectivity index (χ0v) is 39.2. The molecule has 2 fully saturated rings. The van der Waals surface area contributed by atoms with Gasteiger partial charge in [-0.2, -0.15) is 0 Å². The van der Waals surface area contributed by atoms with Crippen molar-refractivity contribution < 1.29 is 28.8 Å². The molecule has 0 saturated carbocycles. The van der Waals surface area contributed by atoms with Gasteiger partial charge in [-0.1, -0.05) is 55.1 Å². The Hall–Kier alpha value is -6.06. The van der Waals surface area contributed by atoms with Crippen molar-refractivity contribution in [3.05, 3.63) is 107 Å². The predicted molar refractivity (Wildman–Crippen MR) is 256 cm³/mol. The van der Waals surface area contributed by atoms with Gasteiger partial charge in [-0.3, -0.25) is 28.8 Å². The molecule has 2 aliphatic heterocycles. The van der Waals surface area contributed by atoms with Gasteiger partial charge in [0, 0.05) is 55.1 Å². The third-order valence-electron chi connectivity index (χ3n) is 13.5. The fraction of sp³-hybridized carbons (Fsp3) is 0.490. The highest BCUT2D eigenvalue weighted by Crippen LogP contribution is 2.30. The minimum Gasteiger partial charge on any atom is -0.376 e. The average molecular weight is 904 g/mol. The Labute approximate surface area is 389 Å². The molecule has 6 rings (SSSR count). The molecule has 7 atom stereocenters. The molecule has 354 valence electrons. The second kappa shape index (κ2) is 23.4. The van der Waals surface area contributed by atoms with E-state index in [4.69, 9.17) is 0 Å². The van der Waals surface area contributed by atoms with Crippen LogP contribution in [0.15, 0.2) is 85.1 Å². The van der Waals surface area contributed by atoms with E-state index in [0.29, 0.717) is 49.2 Å². The number of benzene rings is 3. The third kappa shape index (κ3) is 12.4. The Bertz CT molecular complexity index is 2200. The maximum Gasteiger partial charge on any atom is 0.251 e. The quantitative estimate of drug-likeness (QED) is 0.0880. The van der Waals surface area contributed by atoms with Crippen LogP contribution < -0.4 is 37.2 Å². The van der Waals surface area contributed by atoms with Crippen LogP contribution in [-0.2, 0) is 25.6 Å². The molecular weight excluding hydrogens is 835 g/mol. The highest BCUT2D eigenvalue weighted by atomic mass is 16.2. The number of carbonyl (C=O) groups excluding carboxylic acids is 6. The summed E-state index contributed by atoms with van der Waals surface area (Å²) in [5.41, 5.74) is 5.68. The summed E-state index contributed by atoms with van der Waals surface area (Å²) >= 11 is 0. The van der Waals surface area contributed by atoms with E-state index in [-0.39, 0.29) is 66.5 Å². The number of rotatable bonds is 20. The molecule has 3 aromatic rings. The summed E-state index contributed by atoms with van der Waals surface area (Å²) in [6, 6.07) is 19.8. The van der Waals surface area contributed by atoms with Crippen LogP contribution in [0.2, 0.25) is 0 Å². The Morgan fingerprint density at radius 2 is 1.21 bits per heavy atom. The number of hydrogen-bond donors (Lipinski definition) is 7. The first-order valence-corrected chi connectivity index (χ1v) is 23.7. The number of likely N-dealkylation sites (N-methyl/N-ethyl adjacent to an activating group) is 2. The number of carbonyl (C=O) groups is 6. The van der Waals surface area contributed by atoms with Crippen molar-refractivity contribution in [2.75, 3.05) is 40.3 Å². The van der Waals surface area contributed by atoms with E-state index >= 15 is 0 Å². The van der Waals surface area contributed by atoms with E-state index in [1.54, 1.807) is 43.1 Å². The van der Waals surface area contributed by atoms with Crippen molar-refractivity contribution in [3.8, 4) is 11.1 Å². The highest BCUT2D eigenvalue weighted by Gasteiger charge is 2.39. The molecule has 2 unspecified atom stereocenters. The number of nitrogens with one attached hydrogen (secondary N) is 7. The normalized spacial score (nSPS) is 19.7. The fourth-order valence-electron chi connectivity index (χ4n) is 9.09. The SMILES string of the molecule is C=C(NC(CCNC(=O)c1ccc(-c2ccc(C(=O)NCC[C@H](NC(=O)C(C)NC)C(=O)N3CCC[C@H]3C(=O)N[C@@H]3CCCc4ccccc43)cc2)cc1)C(=O)N1CCC[C@H]1C)[C@H](C)NC. The zero-order chi connectivity index (χ0) is 47.3. The minimum atomic E-state index is -0.954. The first-order valence-electron chi connectivity index (χ1n) is 23.7. The average Bonchev–Trinajstić information content (AvgIpc) is 4.02. The van der Waals surface area contributed by atoms with Gasteiger partial charge < -0.3 is 47.0 Å². The molecule has 2 heterocycles. The number of fused-ring (bicyclic) bond motifs is 1. The predicted octanol–water partition coefficient (Wildman–Crippen LogP) is 3.96. The van der Waals surface area contributed by atoms with Gasteiger partial charge in [0.1, 0.15) is 18.1 Å². The molecular formula is C51H69N9O6. The molecule has 66 heavy (non-hydrogen) atoms. The summed E-state index contributed by atoms with van der Waals surface area (Å²) in [6.07, 6.45) is 6.47. The lowest BCUT2D eigenvalue weighted by Gasteiger charge is -2.32. The lowest BCUT2D eigenvalue weighted by Crippen LogP contribution is -2.56. The van der Waals surface area contributed by atoms with Crippen molar-refractivity contribution in [1.29, 1.82) is 0 Å². The van der Waals surface area contributed by atoms with Crippen LogP contribution in [0.25, 0.3) is 11.1 Å². The molecule has 1 aliphatic carbocycles. The molecule has 0 aromatic heterocycles. The minimum absolute atomic E-state index is 0.0170. The summed E-state index contributed by atoms with van der Waals surface area (Å²) in [5.74, 6) is -1.47. The van der Waals surface area contributed by atoms with Crippen LogP contribution >= 0.6 is 0 Å². The van der Waals surface area contributed by atoms with Crippen molar-refractivity contribution in [3.63, 3.8) is 0 Å². The molecule has 3 aromatic carbocycles. The van der Waals surface area contributed by atoms with Gasteiger partial charge in [-0.05, 0) is 139 Å². The molecule has 7 N–H and O–H groups in total. The van der Waals surface area contributed by atoms with Crippen LogP contribution in [0.3, 0.4) is 0 Å². The molecule has 3 aliphatic rings. The van der Waals surface area contributed by atoms with E-state index in [2.05, 4.69) is 62.9 Å². The Balaban J connectivity index is 1.01.